The molecule has 0 aliphatic rings. The normalized spacial score (nSPS) is 12.6. The van der Waals surface area contributed by atoms with Gasteiger partial charge in [-0.2, -0.15) is 0 Å². The molecule has 0 saturated heterocycles. The van der Waals surface area contributed by atoms with Crippen molar-refractivity contribution in [2.24, 2.45) is 0 Å². The van der Waals surface area contributed by atoms with E-state index in [1.807, 2.05) is 18.2 Å². The van der Waals surface area contributed by atoms with Gasteiger partial charge in [-0.1, -0.05) is 11.6 Å². The van der Waals surface area contributed by atoms with E-state index in [2.05, 4.69) is 27.9 Å². The van der Waals surface area contributed by atoms with Crippen LogP contribution < -0.4 is 5.32 Å². The summed E-state index contributed by atoms with van der Waals surface area (Å²) in [5, 5.41) is 13.0. The zero-order valence-electron chi connectivity index (χ0n) is 7.93. The van der Waals surface area contributed by atoms with Gasteiger partial charge in [0.15, 0.2) is 0 Å². The summed E-state index contributed by atoms with van der Waals surface area (Å²) in [5.41, 5.74) is 0.924. The number of anilines is 1. The Morgan fingerprint density at radius 3 is 2.86 bits per heavy atom. The van der Waals surface area contributed by atoms with E-state index < -0.39 is 0 Å². The van der Waals surface area contributed by atoms with Crippen molar-refractivity contribution >= 4 is 39.9 Å². The van der Waals surface area contributed by atoms with E-state index >= 15 is 0 Å². The summed E-state index contributed by atoms with van der Waals surface area (Å²) >= 11 is 8.23. The van der Waals surface area contributed by atoms with Crippen LogP contribution in [0.4, 0.5) is 5.69 Å². The van der Waals surface area contributed by atoms with E-state index in [-0.39, 0.29) is 6.10 Å². The van der Waals surface area contributed by atoms with Gasteiger partial charge >= 0.3 is 0 Å². The zero-order chi connectivity index (χ0) is 10.6. The van der Waals surface area contributed by atoms with Crippen LogP contribution in [0.1, 0.15) is 13.3 Å². The number of benzene rings is 1. The molecular weight excluding hydrogens is 312 g/mol. The van der Waals surface area contributed by atoms with Crippen molar-refractivity contribution in [2.45, 2.75) is 19.4 Å². The lowest BCUT2D eigenvalue weighted by Crippen LogP contribution is -2.09. The standard InChI is InChI=1S/C10H13ClINO/c1-7(14)4-5-13-10-3-2-8(12)6-9(10)11/h2-3,6-7,13-14H,4-5H2,1H3. The molecular formula is C10H13ClINO. The summed E-state index contributed by atoms with van der Waals surface area (Å²) in [6.45, 7) is 2.51. The van der Waals surface area contributed by atoms with Gasteiger partial charge in [0.2, 0.25) is 0 Å². The van der Waals surface area contributed by atoms with Crippen LogP contribution in [0, 0.1) is 3.57 Å². The minimum atomic E-state index is -0.273. The van der Waals surface area contributed by atoms with E-state index in [9.17, 15) is 0 Å². The molecule has 14 heavy (non-hydrogen) atoms. The Morgan fingerprint density at radius 2 is 2.29 bits per heavy atom. The van der Waals surface area contributed by atoms with Crippen LogP contribution in [0.3, 0.4) is 0 Å². The molecule has 0 saturated carbocycles. The van der Waals surface area contributed by atoms with Crippen LogP contribution in [0.25, 0.3) is 0 Å². The maximum Gasteiger partial charge on any atom is 0.0648 e. The van der Waals surface area contributed by atoms with Gasteiger partial charge < -0.3 is 10.4 Å². The lowest BCUT2D eigenvalue weighted by Gasteiger charge is -2.09. The molecule has 0 fully saturated rings. The summed E-state index contributed by atoms with van der Waals surface area (Å²) < 4.78 is 1.12. The Balaban J connectivity index is 2.51. The predicted molar refractivity (Wildman–Crippen MR) is 69.0 cm³/mol. The van der Waals surface area contributed by atoms with E-state index in [1.54, 1.807) is 6.92 Å². The summed E-state index contributed by atoms with van der Waals surface area (Å²) in [5.74, 6) is 0. The Morgan fingerprint density at radius 1 is 1.57 bits per heavy atom. The van der Waals surface area contributed by atoms with Crippen LogP contribution in [0.15, 0.2) is 18.2 Å². The topological polar surface area (TPSA) is 32.3 Å². The summed E-state index contributed by atoms with van der Waals surface area (Å²) in [7, 11) is 0. The van der Waals surface area contributed by atoms with Gasteiger partial charge in [-0.05, 0) is 54.1 Å². The van der Waals surface area contributed by atoms with Gasteiger partial charge in [-0.25, -0.2) is 0 Å². The molecule has 1 aromatic carbocycles. The predicted octanol–water partition coefficient (Wildman–Crippen LogP) is 3.13. The maximum absolute atomic E-state index is 9.07. The number of hydrogen-bond donors (Lipinski definition) is 2. The lowest BCUT2D eigenvalue weighted by molar-refractivity contribution is 0.189. The molecule has 0 aliphatic heterocycles. The smallest absolute Gasteiger partial charge is 0.0648 e. The third-order valence-electron chi connectivity index (χ3n) is 1.81. The molecule has 0 radical (unpaired) electrons. The van der Waals surface area contributed by atoms with Crippen LogP contribution in [0.2, 0.25) is 5.02 Å². The minimum absolute atomic E-state index is 0.273. The van der Waals surface area contributed by atoms with Crippen molar-refractivity contribution in [3.63, 3.8) is 0 Å². The molecule has 1 atom stereocenters. The molecule has 0 bridgehead atoms. The van der Waals surface area contributed by atoms with Crippen molar-refractivity contribution in [2.75, 3.05) is 11.9 Å². The molecule has 0 aromatic heterocycles. The van der Waals surface area contributed by atoms with E-state index in [0.717, 1.165) is 27.2 Å². The van der Waals surface area contributed by atoms with Crippen molar-refractivity contribution < 1.29 is 5.11 Å². The average Bonchev–Trinajstić information content (AvgIpc) is 2.08. The van der Waals surface area contributed by atoms with E-state index in [0.29, 0.717) is 0 Å². The van der Waals surface area contributed by atoms with Gasteiger partial charge in [-0.15, -0.1) is 0 Å². The second kappa shape index (κ2) is 5.78. The SMILES string of the molecule is CC(O)CCNc1ccc(I)cc1Cl. The average molecular weight is 326 g/mol. The molecule has 2 N–H and O–H groups in total. The molecule has 78 valence electrons. The van der Waals surface area contributed by atoms with Crippen LogP contribution in [-0.4, -0.2) is 17.8 Å². The zero-order valence-corrected chi connectivity index (χ0v) is 10.8. The number of aliphatic hydroxyl groups is 1. The lowest BCUT2D eigenvalue weighted by atomic mass is 10.2. The van der Waals surface area contributed by atoms with Gasteiger partial charge in [-0.3, -0.25) is 0 Å². The fourth-order valence-corrected chi connectivity index (χ4v) is 1.97. The highest BCUT2D eigenvalue weighted by Gasteiger charge is 2.00. The fourth-order valence-electron chi connectivity index (χ4n) is 1.05. The third kappa shape index (κ3) is 4.02. The fraction of sp³-hybridized carbons (Fsp3) is 0.400. The molecule has 4 heteroatoms. The minimum Gasteiger partial charge on any atom is -0.393 e. The van der Waals surface area contributed by atoms with E-state index in [4.69, 9.17) is 16.7 Å². The first kappa shape index (κ1) is 12.1. The number of halogens is 2. The molecule has 0 amide bonds. The van der Waals surface area contributed by atoms with Crippen molar-refractivity contribution in [1.29, 1.82) is 0 Å². The Bertz CT molecular complexity index is 304. The van der Waals surface area contributed by atoms with Crippen molar-refractivity contribution in [3.05, 3.63) is 26.8 Å². The highest BCUT2D eigenvalue weighted by Crippen LogP contribution is 2.23. The quantitative estimate of drug-likeness (QED) is 0.834. The van der Waals surface area contributed by atoms with Gasteiger partial charge in [0.05, 0.1) is 16.8 Å². The van der Waals surface area contributed by atoms with Crippen LogP contribution >= 0.6 is 34.2 Å². The Labute approximate surface area is 103 Å². The number of rotatable bonds is 4. The summed E-state index contributed by atoms with van der Waals surface area (Å²) in [4.78, 5) is 0. The molecule has 1 rings (SSSR count). The third-order valence-corrected chi connectivity index (χ3v) is 2.79. The summed E-state index contributed by atoms with van der Waals surface area (Å²) in [6.07, 6.45) is 0.451. The molecule has 2 nitrogen and oxygen atoms in total. The number of nitrogens with one attached hydrogen (secondary N) is 1. The summed E-state index contributed by atoms with van der Waals surface area (Å²) in [6, 6.07) is 5.86. The largest absolute Gasteiger partial charge is 0.393 e. The van der Waals surface area contributed by atoms with Crippen molar-refractivity contribution in [1.82, 2.24) is 0 Å². The van der Waals surface area contributed by atoms with Crippen LogP contribution in [0.5, 0.6) is 0 Å². The first-order valence-corrected chi connectivity index (χ1v) is 5.92. The molecule has 1 unspecified atom stereocenters. The number of hydrogen-bond acceptors (Lipinski definition) is 2. The Hall–Kier alpha value is -0.0000000000000000555. The second-order valence-electron chi connectivity index (χ2n) is 3.19. The highest BCUT2D eigenvalue weighted by molar-refractivity contribution is 14.1. The molecule has 0 heterocycles. The van der Waals surface area contributed by atoms with Gasteiger partial charge in [0.25, 0.3) is 0 Å². The molecule has 0 aliphatic carbocycles. The van der Waals surface area contributed by atoms with Gasteiger partial charge in [0, 0.05) is 10.1 Å². The maximum atomic E-state index is 9.07. The van der Waals surface area contributed by atoms with Gasteiger partial charge in [0.1, 0.15) is 0 Å². The first-order chi connectivity index (χ1) is 6.59. The monoisotopic (exact) mass is 325 g/mol. The Kier molecular flexibility index (Phi) is 4.98. The highest BCUT2D eigenvalue weighted by atomic mass is 127. The van der Waals surface area contributed by atoms with E-state index in [1.165, 1.54) is 0 Å². The first-order valence-electron chi connectivity index (χ1n) is 4.46. The second-order valence-corrected chi connectivity index (χ2v) is 4.84. The van der Waals surface area contributed by atoms with Crippen LogP contribution in [-0.2, 0) is 0 Å². The van der Waals surface area contributed by atoms with Crippen molar-refractivity contribution in [3.8, 4) is 0 Å². The molecule has 1 aromatic rings. The molecule has 0 spiro atoms. The number of aliphatic hydroxyl groups excluding tert-OH is 1.